The van der Waals surface area contributed by atoms with Gasteiger partial charge >= 0.3 is 0 Å². The highest BCUT2D eigenvalue weighted by molar-refractivity contribution is 14.0. The number of benzene rings is 1. The van der Waals surface area contributed by atoms with Gasteiger partial charge in [-0.2, -0.15) is 0 Å². The first-order valence-corrected chi connectivity index (χ1v) is 7.36. The molecule has 120 valence electrons. The number of rotatable bonds is 7. The molecule has 0 saturated carbocycles. The molecule has 1 unspecified atom stereocenters. The van der Waals surface area contributed by atoms with E-state index in [9.17, 15) is 0 Å². The molecule has 5 heteroatoms. The lowest BCUT2D eigenvalue weighted by Crippen LogP contribution is -2.42. The number of hydrogen-bond donors (Lipinski definition) is 2. The van der Waals surface area contributed by atoms with Crippen molar-refractivity contribution in [1.29, 1.82) is 0 Å². The summed E-state index contributed by atoms with van der Waals surface area (Å²) in [4.78, 5) is 6.60. The standard InChI is InChI=1S/C16H28N4.HI/c1-5-14(2)20(4)12-11-18-16(17-3)19-13-15-9-7-6-8-10-15;/h6-10,14H,5,11-13H2,1-4H3,(H2,17,18,19);1H. The number of nitrogens with one attached hydrogen (secondary N) is 2. The van der Waals surface area contributed by atoms with Gasteiger partial charge in [-0.25, -0.2) is 0 Å². The van der Waals surface area contributed by atoms with E-state index in [2.05, 4.69) is 53.6 Å². The lowest BCUT2D eigenvalue weighted by Gasteiger charge is -2.24. The first-order valence-electron chi connectivity index (χ1n) is 7.36. The summed E-state index contributed by atoms with van der Waals surface area (Å²) < 4.78 is 0. The maximum absolute atomic E-state index is 4.24. The van der Waals surface area contributed by atoms with Gasteiger partial charge in [-0.15, -0.1) is 24.0 Å². The van der Waals surface area contributed by atoms with Crippen LogP contribution in [0.5, 0.6) is 0 Å². The fourth-order valence-corrected chi connectivity index (χ4v) is 1.88. The lowest BCUT2D eigenvalue weighted by atomic mass is 10.2. The zero-order valence-electron chi connectivity index (χ0n) is 13.6. The van der Waals surface area contributed by atoms with E-state index in [4.69, 9.17) is 0 Å². The second kappa shape index (κ2) is 11.8. The third-order valence-electron chi connectivity index (χ3n) is 3.63. The Bertz CT molecular complexity index is 395. The molecule has 2 N–H and O–H groups in total. The molecule has 1 aromatic rings. The molecule has 21 heavy (non-hydrogen) atoms. The first kappa shape index (κ1) is 20.2. The average molecular weight is 404 g/mol. The number of guanidine groups is 1. The Balaban J connectivity index is 0.00000400. The Hall–Kier alpha value is -0.820. The van der Waals surface area contributed by atoms with Crippen LogP contribution in [-0.2, 0) is 6.54 Å². The van der Waals surface area contributed by atoms with Gasteiger partial charge in [0, 0.05) is 32.7 Å². The quantitative estimate of drug-likeness (QED) is 0.417. The second-order valence-corrected chi connectivity index (χ2v) is 5.08. The zero-order valence-corrected chi connectivity index (χ0v) is 15.9. The maximum Gasteiger partial charge on any atom is 0.191 e. The molecule has 0 aliphatic rings. The van der Waals surface area contributed by atoms with Crippen LogP contribution in [-0.4, -0.2) is 44.1 Å². The highest BCUT2D eigenvalue weighted by atomic mass is 127. The highest BCUT2D eigenvalue weighted by Crippen LogP contribution is 1.98. The van der Waals surface area contributed by atoms with E-state index in [1.807, 2.05) is 18.2 Å². The molecule has 1 aromatic carbocycles. The maximum atomic E-state index is 4.24. The molecular weight excluding hydrogens is 375 g/mol. The van der Waals surface area contributed by atoms with Crippen LogP contribution in [0, 0.1) is 0 Å². The van der Waals surface area contributed by atoms with Gasteiger partial charge in [-0.1, -0.05) is 37.3 Å². The fraction of sp³-hybridized carbons (Fsp3) is 0.562. The molecule has 1 atom stereocenters. The van der Waals surface area contributed by atoms with Crippen LogP contribution in [0.25, 0.3) is 0 Å². The summed E-state index contributed by atoms with van der Waals surface area (Å²) in [5.41, 5.74) is 1.26. The third-order valence-corrected chi connectivity index (χ3v) is 3.63. The smallest absolute Gasteiger partial charge is 0.191 e. The van der Waals surface area contributed by atoms with Gasteiger partial charge in [-0.3, -0.25) is 4.99 Å². The molecule has 0 saturated heterocycles. The number of halogens is 1. The molecule has 0 amide bonds. The van der Waals surface area contributed by atoms with E-state index in [0.29, 0.717) is 6.04 Å². The zero-order chi connectivity index (χ0) is 14.8. The number of hydrogen-bond acceptors (Lipinski definition) is 2. The van der Waals surface area contributed by atoms with E-state index in [-0.39, 0.29) is 24.0 Å². The molecular formula is C16H29IN4. The predicted octanol–water partition coefficient (Wildman–Crippen LogP) is 2.70. The number of nitrogens with zero attached hydrogens (tertiary/aromatic N) is 2. The van der Waals surface area contributed by atoms with Crippen molar-refractivity contribution in [3.63, 3.8) is 0 Å². The van der Waals surface area contributed by atoms with Gasteiger partial charge in [0.1, 0.15) is 0 Å². The SMILES string of the molecule is CCC(C)N(C)CCNC(=NC)NCc1ccccc1.I. The normalized spacial score (nSPS) is 12.7. The first-order chi connectivity index (χ1) is 9.67. The van der Waals surface area contributed by atoms with E-state index < -0.39 is 0 Å². The van der Waals surface area contributed by atoms with Crippen LogP contribution in [0.2, 0.25) is 0 Å². The van der Waals surface area contributed by atoms with Crippen molar-refractivity contribution in [2.45, 2.75) is 32.9 Å². The van der Waals surface area contributed by atoms with Crippen molar-refractivity contribution >= 4 is 29.9 Å². The van der Waals surface area contributed by atoms with E-state index in [0.717, 1.165) is 25.6 Å². The van der Waals surface area contributed by atoms with Crippen LogP contribution < -0.4 is 10.6 Å². The lowest BCUT2D eigenvalue weighted by molar-refractivity contribution is 0.255. The molecule has 0 spiro atoms. The van der Waals surface area contributed by atoms with Crippen molar-refractivity contribution in [1.82, 2.24) is 15.5 Å². The molecule has 1 rings (SSSR count). The van der Waals surface area contributed by atoms with Crippen LogP contribution >= 0.6 is 24.0 Å². The van der Waals surface area contributed by atoms with E-state index >= 15 is 0 Å². The number of likely N-dealkylation sites (N-methyl/N-ethyl adjacent to an activating group) is 1. The molecule has 0 bridgehead atoms. The molecule has 0 aromatic heterocycles. The summed E-state index contributed by atoms with van der Waals surface area (Å²) >= 11 is 0. The van der Waals surface area contributed by atoms with Crippen molar-refractivity contribution < 1.29 is 0 Å². The molecule has 4 nitrogen and oxygen atoms in total. The summed E-state index contributed by atoms with van der Waals surface area (Å²) in [6, 6.07) is 11.0. The minimum absolute atomic E-state index is 0. The summed E-state index contributed by atoms with van der Waals surface area (Å²) in [7, 11) is 3.97. The van der Waals surface area contributed by atoms with Gasteiger partial charge in [0.05, 0.1) is 0 Å². The largest absolute Gasteiger partial charge is 0.355 e. The fourth-order valence-electron chi connectivity index (χ4n) is 1.88. The van der Waals surface area contributed by atoms with Gasteiger partial charge in [0.25, 0.3) is 0 Å². The number of aliphatic imine (C=N–C) groups is 1. The summed E-state index contributed by atoms with van der Waals surface area (Å²) in [5, 5.41) is 6.67. The Labute approximate surface area is 146 Å². The van der Waals surface area contributed by atoms with Crippen LogP contribution in [0.1, 0.15) is 25.8 Å². The van der Waals surface area contributed by atoms with E-state index in [1.54, 1.807) is 7.05 Å². The third kappa shape index (κ3) is 8.26. The summed E-state index contributed by atoms with van der Waals surface area (Å²) in [6.07, 6.45) is 1.18. The minimum atomic E-state index is 0. The Kier molecular flexibility index (Phi) is 11.3. The summed E-state index contributed by atoms with van der Waals surface area (Å²) in [6.45, 7) is 7.18. The van der Waals surface area contributed by atoms with Crippen molar-refractivity contribution in [3.05, 3.63) is 35.9 Å². The van der Waals surface area contributed by atoms with Crippen molar-refractivity contribution in [3.8, 4) is 0 Å². The van der Waals surface area contributed by atoms with Crippen molar-refractivity contribution in [2.75, 3.05) is 27.2 Å². The Morgan fingerprint density at radius 1 is 1.24 bits per heavy atom. The highest BCUT2D eigenvalue weighted by Gasteiger charge is 2.06. The van der Waals surface area contributed by atoms with Gasteiger partial charge in [-0.05, 0) is 26.0 Å². The van der Waals surface area contributed by atoms with Crippen molar-refractivity contribution in [2.24, 2.45) is 4.99 Å². The topological polar surface area (TPSA) is 39.7 Å². The molecule has 0 heterocycles. The second-order valence-electron chi connectivity index (χ2n) is 5.08. The molecule has 0 aliphatic carbocycles. The molecule has 0 radical (unpaired) electrons. The molecule has 0 aliphatic heterocycles. The molecule has 0 fully saturated rings. The van der Waals surface area contributed by atoms with E-state index in [1.165, 1.54) is 12.0 Å². The minimum Gasteiger partial charge on any atom is -0.355 e. The van der Waals surface area contributed by atoms with Gasteiger partial charge in [0.15, 0.2) is 5.96 Å². The van der Waals surface area contributed by atoms with Crippen LogP contribution in [0.4, 0.5) is 0 Å². The summed E-state index contributed by atoms with van der Waals surface area (Å²) in [5.74, 6) is 0.853. The van der Waals surface area contributed by atoms with Gasteiger partial charge in [0.2, 0.25) is 0 Å². The predicted molar refractivity (Wildman–Crippen MR) is 102 cm³/mol. The Morgan fingerprint density at radius 2 is 1.90 bits per heavy atom. The average Bonchev–Trinajstić information content (AvgIpc) is 2.50. The van der Waals surface area contributed by atoms with Gasteiger partial charge < -0.3 is 15.5 Å². The monoisotopic (exact) mass is 404 g/mol. The Morgan fingerprint density at radius 3 is 2.48 bits per heavy atom. The van der Waals surface area contributed by atoms with Crippen LogP contribution in [0.15, 0.2) is 35.3 Å². The van der Waals surface area contributed by atoms with Crippen LogP contribution in [0.3, 0.4) is 0 Å².